The van der Waals surface area contributed by atoms with Crippen molar-refractivity contribution in [1.29, 1.82) is 5.26 Å². The minimum absolute atomic E-state index is 0.743. The standard InChI is InChI=1S/C11H10N2/c1-2-8-4-3-5-10-11(8)9(6-12)7-13-10/h3-5,7,13H,2H2,1H3. The van der Waals surface area contributed by atoms with Crippen molar-refractivity contribution in [3.05, 3.63) is 35.5 Å². The van der Waals surface area contributed by atoms with Crippen LogP contribution in [0, 0.1) is 11.3 Å². The summed E-state index contributed by atoms with van der Waals surface area (Å²) in [5, 5.41) is 9.95. The number of rotatable bonds is 1. The number of benzene rings is 1. The molecule has 0 unspecified atom stereocenters. The molecule has 2 rings (SSSR count). The highest BCUT2D eigenvalue weighted by Gasteiger charge is 2.05. The van der Waals surface area contributed by atoms with E-state index in [0.717, 1.165) is 22.9 Å². The highest BCUT2D eigenvalue weighted by Crippen LogP contribution is 2.22. The first kappa shape index (κ1) is 7.88. The molecule has 2 heteroatoms. The molecule has 64 valence electrons. The lowest BCUT2D eigenvalue weighted by Crippen LogP contribution is -1.82. The van der Waals surface area contributed by atoms with Crippen LogP contribution in [0.2, 0.25) is 0 Å². The number of nitrogens with zero attached hydrogens (tertiary/aromatic N) is 1. The highest BCUT2D eigenvalue weighted by molar-refractivity contribution is 5.88. The number of hydrogen-bond donors (Lipinski definition) is 1. The second-order valence-electron chi connectivity index (χ2n) is 3.01. The molecule has 0 bridgehead atoms. The molecule has 13 heavy (non-hydrogen) atoms. The third kappa shape index (κ3) is 1.09. The van der Waals surface area contributed by atoms with Crippen LogP contribution in [0.1, 0.15) is 18.1 Å². The lowest BCUT2D eigenvalue weighted by Gasteiger charge is -1.98. The van der Waals surface area contributed by atoms with Crippen LogP contribution in [0.15, 0.2) is 24.4 Å². The molecule has 1 N–H and O–H groups in total. The predicted molar refractivity (Wildman–Crippen MR) is 52.4 cm³/mol. The maximum absolute atomic E-state index is 8.87. The van der Waals surface area contributed by atoms with Gasteiger partial charge in [0, 0.05) is 17.1 Å². The van der Waals surface area contributed by atoms with Crippen LogP contribution in [0.3, 0.4) is 0 Å². The summed E-state index contributed by atoms with van der Waals surface area (Å²) in [5.41, 5.74) is 3.03. The molecule has 0 fully saturated rings. The Hall–Kier alpha value is -1.75. The summed E-state index contributed by atoms with van der Waals surface area (Å²) in [6.45, 7) is 2.10. The Morgan fingerprint density at radius 3 is 3.00 bits per heavy atom. The first-order valence-electron chi connectivity index (χ1n) is 4.36. The lowest BCUT2D eigenvalue weighted by molar-refractivity contribution is 1.16. The Morgan fingerprint density at radius 1 is 1.46 bits per heavy atom. The number of nitriles is 1. The third-order valence-electron chi connectivity index (χ3n) is 2.29. The summed E-state index contributed by atoms with van der Waals surface area (Å²) >= 11 is 0. The number of fused-ring (bicyclic) bond motifs is 1. The van der Waals surface area contributed by atoms with E-state index in [1.54, 1.807) is 6.20 Å². The van der Waals surface area contributed by atoms with Crippen molar-refractivity contribution in [3.8, 4) is 6.07 Å². The molecule has 0 saturated heterocycles. The van der Waals surface area contributed by atoms with Crippen molar-refractivity contribution < 1.29 is 0 Å². The van der Waals surface area contributed by atoms with Gasteiger partial charge in [-0.3, -0.25) is 0 Å². The Morgan fingerprint density at radius 2 is 2.31 bits per heavy atom. The van der Waals surface area contributed by atoms with Gasteiger partial charge in [0.05, 0.1) is 5.56 Å². The summed E-state index contributed by atoms with van der Waals surface area (Å²) < 4.78 is 0. The van der Waals surface area contributed by atoms with Gasteiger partial charge in [0.25, 0.3) is 0 Å². The van der Waals surface area contributed by atoms with Gasteiger partial charge in [-0.05, 0) is 18.1 Å². The summed E-state index contributed by atoms with van der Waals surface area (Å²) in [6.07, 6.45) is 2.73. The van der Waals surface area contributed by atoms with Gasteiger partial charge in [0.1, 0.15) is 6.07 Å². The second kappa shape index (κ2) is 2.95. The van der Waals surface area contributed by atoms with E-state index in [9.17, 15) is 0 Å². The minimum Gasteiger partial charge on any atom is -0.360 e. The van der Waals surface area contributed by atoms with Crippen LogP contribution in [0.4, 0.5) is 0 Å². The zero-order valence-electron chi connectivity index (χ0n) is 7.46. The fraction of sp³-hybridized carbons (Fsp3) is 0.182. The van der Waals surface area contributed by atoms with E-state index in [4.69, 9.17) is 5.26 Å². The normalized spacial score (nSPS) is 10.2. The van der Waals surface area contributed by atoms with E-state index in [2.05, 4.69) is 24.0 Å². The number of H-pyrrole nitrogens is 1. The quantitative estimate of drug-likeness (QED) is 0.702. The fourth-order valence-electron chi connectivity index (χ4n) is 1.64. The predicted octanol–water partition coefficient (Wildman–Crippen LogP) is 2.60. The van der Waals surface area contributed by atoms with Crippen molar-refractivity contribution in [3.63, 3.8) is 0 Å². The van der Waals surface area contributed by atoms with Crippen molar-refractivity contribution >= 4 is 10.9 Å². The number of hydrogen-bond acceptors (Lipinski definition) is 1. The average molecular weight is 170 g/mol. The Labute approximate surface area is 76.8 Å². The van der Waals surface area contributed by atoms with Crippen molar-refractivity contribution in [2.24, 2.45) is 0 Å². The summed E-state index contributed by atoms with van der Waals surface area (Å²) in [6, 6.07) is 8.27. The number of aromatic amines is 1. The number of aryl methyl sites for hydroxylation is 1. The van der Waals surface area contributed by atoms with Gasteiger partial charge in [-0.15, -0.1) is 0 Å². The zero-order valence-corrected chi connectivity index (χ0v) is 7.46. The smallest absolute Gasteiger partial charge is 0.101 e. The summed E-state index contributed by atoms with van der Waals surface area (Å²) in [4.78, 5) is 3.09. The average Bonchev–Trinajstić information content (AvgIpc) is 2.60. The second-order valence-corrected chi connectivity index (χ2v) is 3.01. The molecule has 1 aromatic heterocycles. The van der Waals surface area contributed by atoms with Crippen LogP contribution in [-0.4, -0.2) is 4.98 Å². The van der Waals surface area contributed by atoms with Gasteiger partial charge in [-0.1, -0.05) is 19.1 Å². The molecule has 0 spiro atoms. The van der Waals surface area contributed by atoms with Gasteiger partial charge in [0.2, 0.25) is 0 Å². The number of aromatic nitrogens is 1. The van der Waals surface area contributed by atoms with Gasteiger partial charge >= 0.3 is 0 Å². The molecule has 0 aliphatic rings. The lowest BCUT2D eigenvalue weighted by atomic mass is 10.1. The molecule has 0 aliphatic carbocycles. The maximum Gasteiger partial charge on any atom is 0.101 e. The largest absolute Gasteiger partial charge is 0.360 e. The maximum atomic E-state index is 8.87. The van der Waals surface area contributed by atoms with Crippen LogP contribution >= 0.6 is 0 Å². The Kier molecular flexibility index (Phi) is 1.79. The first-order valence-corrected chi connectivity index (χ1v) is 4.36. The van der Waals surface area contributed by atoms with Crippen molar-refractivity contribution in [2.75, 3.05) is 0 Å². The molecule has 0 saturated carbocycles. The summed E-state index contributed by atoms with van der Waals surface area (Å²) in [5.74, 6) is 0. The van der Waals surface area contributed by atoms with Crippen LogP contribution in [0.5, 0.6) is 0 Å². The molecular formula is C11H10N2. The van der Waals surface area contributed by atoms with E-state index in [-0.39, 0.29) is 0 Å². The monoisotopic (exact) mass is 170 g/mol. The molecule has 0 aliphatic heterocycles. The fourth-order valence-corrected chi connectivity index (χ4v) is 1.64. The SMILES string of the molecule is CCc1cccc2[nH]cc(C#N)c12. The molecule has 1 heterocycles. The summed E-state index contributed by atoms with van der Waals surface area (Å²) in [7, 11) is 0. The van der Waals surface area contributed by atoms with Crippen LogP contribution < -0.4 is 0 Å². The van der Waals surface area contributed by atoms with Gasteiger partial charge in [-0.2, -0.15) is 5.26 Å². The molecule has 0 radical (unpaired) electrons. The number of nitrogens with one attached hydrogen (secondary N) is 1. The minimum atomic E-state index is 0.743. The topological polar surface area (TPSA) is 39.6 Å². The van der Waals surface area contributed by atoms with Crippen molar-refractivity contribution in [2.45, 2.75) is 13.3 Å². The van der Waals surface area contributed by atoms with E-state index >= 15 is 0 Å². The molecule has 2 nitrogen and oxygen atoms in total. The molecular weight excluding hydrogens is 160 g/mol. The van der Waals surface area contributed by atoms with Gasteiger partial charge < -0.3 is 4.98 Å². The zero-order chi connectivity index (χ0) is 9.26. The van der Waals surface area contributed by atoms with Crippen LogP contribution in [-0.2, 0) is 6.42 Å². The molecule has 2 aromatic rings. The molecule has 0 amide bonds. The third-order valence-corrected chi connectivity index (χ3v) is 2.29. The van der Waals surface area contributed by atoms with E-state index in [1.165, 1.54) is 5.56 Å². The molecule has 0 atom stereocenters. The van der Waals surface area contributed by atoms with Crippen LogP contribution in [0.25, 0.3) is 10.9 Å². The molecule has 1 aromatic carbocycles. The Balaban J connectivity index is 2.85. The Bertz CT molecular complexity index is 474. The van der Waals surface area contributed by atoms with Gasteiger partial charge in [-0.25, -0.2) is 0 Å². The first-order chi connectivity index (χ1) is 6.36. The van der Waals surface area contributed by atoms with E-state index < -0.39 is 0 Å². The van der Waals surface area contributed by atoms with E-state index in [1.807, 2.05) is 12.1 Å². The highest BCUT2D eigenvalue weighted by atomic mass is 14.7. The van der Waals surface area contributed by atoms with Crippen molar-refractivity contribution in [1.82, 2.24) is 4.98 Å². The van der Waals surface area contributed by atoms with E-state index in [0.29, 0.717) is 0 Å². The van der Waals surface area contributed by atoms with Gasteiger partial charge in [0.15, 0.2) is 0 Å².